The molecule has 2 fully saturated rings. The van der Waals surface area contributed by atoms with Crippen LogP contribution < -0.4 is 11.1 Å². The Morgan fingerprint density at radius 1 is 1.31 bits per heavy atom. The second-order valence-electron chi connectivity index (χ2n) is 6.65. The average Bonchev–Trinajstić information content (AvgIpc) is 2.80. The fraction of sp³-hybridized carbons (Fsp3) is 0.438. The second kappa shape index (κ2) is 7.40. The fourth-order valence-corrected chi connectivity index (χ4v) is 4.85. The molecule has 0 aliphatic carbocycles. The van der Waals surface area contributed by atoms with Gasteiger partial charge in [-0.1, -0.05) is 12.1 Å². The van der Waals surface area contributed by atoms with E-state index in [-0.39, 0.29) is 35.3 Å². The van der Waals surface area contributed by atoms with Gasteiger partial charge in [0.2, 0.25) is 11.8 Å². The first-order chi connectivity index (χ1) is 11.6. The number of phenolic OH excluding ortho intramolecular Hbond substituents is 1. The van der Waals surface area contributed by atoms with Gasteiger partial charge in [0.25, 0.3) is 0 Å². The molecule has 2 aliphatic rings. The maximum absolute atomic E-state index is 12.3. The van der Waals surface area contributed by atoms with Crippen LogP contribution in [0.1, 0.15) is 25.5 Å². The summed E-state index contributed by atoms with van der Waals surface area (Å²) in [6, 6.07) is 3.21. The van der Waals surface area contributed by atoms with E-state index in [1.54, 1.807) is 13.8 Å². The Morgan fingerprint density at radius 3 is 2.42 bits per heavy atom. The van der Waals surface area contributed by atoms with Crippen LogP contribution in [0.4, 0.5) is 0 Å². The number of β-lactam (4-membered cyclic amide) rings is 1. The van der Waals surface area contributed by atoms with Crippen molar-refractivity contribution >= 4 is 59.1 Å². The van der Waals surface area contributed by atoms with Crippen molar-refractivity contribution in [2.75, 3.05) is 0 Å². The van der Waals surface area contributed by atoms with Crippen molar-refractivity contribution < 1.29 is 24.6 Å². The summed E-state index contributed by atoms with van der Waals surface area (Å²) in [6.45, 7) is 3.53. The minimum atomic E-state index is -1.06. The number of fused-ring (bicyclic) bond motifs is 1. The fourth-order valence-electron chi connectivity index (χ4n) is 3.22. The molecule has 4 atom stereocenters. The molecule has 2 saturated heterocycles. The zero-order valence-electron chi connectivity index (χ0n) is 13.7. The molecule has 26 heavy (non-hydrogen) atoms. The van der Waals surface area contributed by atoms with Gasteiger partial charge >= 0.3 is 35.5 Å². The first-order valence-corrected chi connectivity index (χ1v) is 8.59. The van der Waals surface area contributed by atoms with Gasteiger partial charge in [-0.15, -0.1) is 11.8 Å². The Bertz CT molecular complexity index is 742. The van der Waals surface area contributed by atoms with E-state index in [4.69, 9.17) is 5.73 Å². The normalized spacial score (nSPS) is 27.0. The Hall–Kier alpha value is -1.26. The van der Waals surface area contributed by atoms with Gasteiger partial charge in [-0.25, -0.2) is 4.79 Å². The molecule has 0 bridgehead atoms. The molecule has 1 unspecified atom stereocenters. The van der Waals surface area contributed by atoms with Gasteiger partial charge in [-0.3, -0.25) is 9.59 Å². The molecule has 2 heterocycles. The first kappa shape index (κ1) is 21.0. The van der Waals surface area contributed by atoms with Crippen LogP contribution in [0.2, 0.25) is 0 Å². The third-order valence-electron chi connectivity index (χ3n) is 4.51. The number of aromatic hydroxyl groups is 1. The van der Waals surface area contributed by atoms with Gasteiger partial charge in [0, 0.05) is 4.75 Å². The van der Waals surface area contributed by atoms with Gasteiger partial charge in [-0.05, 0) is 31.5 Å². The monoisotopic (exact) mass is 389 g/mol. The molecule has 0 saturated carbocycles. The molecule has 5 N–H and O–H groups in total. The van der Waals surface area contributed by atoms with E-state index in [9.17, 15) is 24.6 Å². The van der Waals surface area contributed by atoms with Crippen molar-refractivity contribution in [1.29, 1.82) is 0 Å². The number of hydrogen-bond donors (Lipinski definition) is 4. The number of rotatable bonds is 4. The van der Waals surface area contributed by atoms with Crippen LogP contribution in [-0.4, -0.2) is 84.7 Å². The number of nitrogens with two attached hydrogens (primary N) is 1. The molecule has 10 heteroatoms. The molecule has 8 nitrogen and oxygen atoms in total. The molecule has 136 valence electrons. The summed E-state index contributed by atoms with van der Waals surface area (Å²) in [5.74, 6) is -1.94. The van der Waals surface area contributed by atoms with Crippen LogP contribution in [0, 0.1) is 0 Å². The van der Waals surface area contributed by atoms with Crippen LogP contribution in [0.15, 0.2) is 24.3 Å². The van der Waals surface area contributed by atoms with Gasteiger partial charge in [0.05, 0.1) is 0 Å². The Morgan fingerprint density at radius 2 is 1.88 bits per heavy atom. The number of carbonyl (C=O) groups excluding carboxylic acids is 2. The topological polar surface area (TPSA) is 133 Å². The molecule has 1 aromatic rings. The Kier molecular flexibility index (Phi) is 5.99. The van der Waals surface area contributed by atoms with Gasteiger partial charge in [0.15, 0.2) is 0 Å². The summed E-state index contributed by atoms with van der Waals surface area (Å²) < 4.78 is -0.648. The van der Waals surface area contributed by atoms with Gasteiger partial charge < -0.3 is 26.2 Å². The number of thioether (sulfide) groups is 1. The number of carboxylic acids is 1. The number of carbonyl (C=O) groups is 3. The minimum absolute atomic E-state index is 0. The quantitative estimate of drug-likeness (QED) is 0.398. The van der Waals surface area contributed by atoms with Crippen LogP contribution in [-0.2, 0) is 14.4 Å². The average molecular weight is 389 g/mol. The summed E-state index contributed by atoms with van der Waals surface area (Å²) in [7, 11) is 0. The number of hydrogen-bond acceptors (Lipinski definition) is 6. The molecule has 0 aromatic heterocycles. The van der Waals surface area contributed by atoms with E-state index in [1.807, 2.05) is 0 Å². The molecule has 0 radical (unpaired) electrons. The molecule has 3 rings (SSSR count). The Labute approximate surface area is 176 Å². The second-order valence-corrected chi connectivity index (χ2v) is 8.42. The van der Waals surface area contributed by atoms with E-state index >= 15 is 0 Å². The van der Waals surface area contributed by atoms with Crippen molar-refractivity contribution in [3.8, 4) is 5.75 Å². The van der Waals surface area contributed by atoms with E-state index in [1.165, 1.54) is 40.9 Å². The predicted octanol–water partition coefficient (Wildman–Crippen LogP) is -0.625. The summed E-state index contributed by atoms with van der Waals surface area (Å²) >= 11 is 1.35. The van der Waals surface area contributed by atoms with Crippen molar-refractivity contribution in [2.45, 2.75) is 42.1 Å². The van der Waals surface area contributed by atoms with Crippen LogP contribution >= 0.6 is 11.8 Å². The number of nitrogens with one attached hydrogen (secondary N) is 1. The third-order valence-corrected chi connectivity index (χ3v) is 6.08. The number of amides is 2. The van der Waals surface area contributed by atoms with E-state index in [0.717, 1.165) is 0 Å². The van der Waals surface area contributed by atoms with Crippen LogP contribution in [0.3, 0.4) is 0 Å². The third kappa shape index (κ3) is 3.46. The Balaban J connectivity index is 0.00000243. The zero-order valence-corrected chi connectivity index (χ0v) is 14.5. The maximum atomic E-state index is 12.3. The van der Waals surface area contributed by atoms with Gasteiger partial charge in [0.1, 0.15) is 29.2 Å². The summed E-state index contributed by atoms with van der Waals surface area (Å²) in [4.78, 5) is 37.5. The number of nitrogens with zero attached hydrogens (tertiary/aromatic N) is 1. The number of phenols is 1. The molecule has 2 aliphatic heterocycles. The summed E-state index contributed by atoms with van der Waals surface area (Å²) in [6.07, 6.45) is 0. The van der Waals surface area contributed by atoms with Crippen molar-refractivity contribution in [3.63, 3.8) is 0 Å². The molecule has 1 aromatic carbocycles. The van der Waals surface area contributed by atoms with Crippen LogP contribution in [0.5, 0.6) is 5.75 Å². The number of benzene rings is 1. The molecule has 0 spiro atoms. The predicted molar refractivity (Wildman–Crippen MR) is 97.8 cm³/mol. The molecular formula is C16H20N3NaO5S. The molecular weight excluding hydrogens is 369 g/mol. The first-order valence-electron chi connectivity index (χ1n) is 7.71. The van der Waals surface area contributed by atoms with Gasteiger partial charge in [-0.2, -0.15) is 0 Å². The van der Waals surface area contributed by atoms with E-state index in [0.29, 0.717) is 5.56 Å². The SMILES string of the molecule is CC1(C)S[C@@H]2[C@H](NC(=O)C(N)c3ccc(O)cc3)C(=O)N2[C@H]1C(=O)O.[NaH]. The summed E-state index contributed by atoms with van der Waals surface area (Å²) in [5, 5.41) is 20.9. The van der Waals surface area contributed by atoms with Crippen molar-refractivity contribution in [2.24, 2.45) is 5.73 Å². The molecule has 2 amide bonds. The van der Waals surface area contributed by atoms with Crippen LogP contribution in [0.25, 0.3) is 0 Å². The number of carboxylic acid groups (broad SMARTS) is 1. The van der Waals surface area contributed by atoms with E-state index < -0.39 is 46.0 Å². The standard InChI is InChI=1S/C16H19N3O5S.Na.H/c1-16(2)11(15(23)24)19-13(22)10(14(19)25-16)18-12(21)9(17)7-3-5-8(20)6-4-7;;/h3-6,9-11,14,20H,17H2,1-2H3,(H,18,21)(H,23,24);;/t9?,10-,11+,14-;;/m1../s1. The zero-order chi connectivity index (χ0) is 18.5. The van der Waals surface area contributed by atoms with Crippen molar-refractivity contribution in [3.05, 3.63) is 29.8 Å². The number of aliphatic carboxylic acids is 1. The summed E-state index contributed by atoms with van der Waals surface area (Å²) in [5.41, 5.74) is 6.41. The van der Waals surface area contributed by atoms with E-state index in [2.05, 4.69) is 5.32 Å². The van der Waals surface area contributed by atoms with Crippen molar-refractivity contribution in [1.82, 2.24) is 10.2 Å².